The van der Waals surface area contributed by atoms with Crippen molar-refractivity contribution in [2.45, 2.75) is 25.3 Å². The number of hydrogen-bond donors (Lipinski definition) is 2. The first-order valence-corrected chi connectivity index (χ1v) is 5.64. The van der Waals surface area contributed by atoms with Crippen molar-refractivity contribution in [2.75, 3.05) is 0 Å². The maximum Gasteiger partial charge on any atom is 0.238 e. The molecule has 0 spiro atoms. The molecule has 0 heterocycles. The van der Waals surface area contributed by atoms with Crippen LogP contribution in [0.25, 0.3) is 0 Å². The van der Waals surface area contributed by atoms with E-state index in [-0.39, 0.29) is 11.5 Å². The van der Waals surface area contributed by atoms with E-state index in [0.717, 1.165) is 5.56 Å². The van der Waals surface area contributed by atoms with E-state index in [0.29, 0.717) is 11.1 Å². The first kappa shape index (κ1) is 11.2. The third-order valence-corrected chi connectivity index (χ3v) is 3.21. The summed E-state index contributed by atoms with van der Waals surface area (Å²) in [6.45, 7) is 3.28. The van der Waals surface area contributed by atoms with Crippen molar-refractivity contribution in [3.63, 3.8) is 0 Å². The molecule has 0 saturated carbocycles. The third kappa shape index (κ3) is 2.12. The molecule has 1 aromatic rings. The van der Waals surface area contributed by atoms with E-state index in [4.69, 9.17) is 10.2 Å². The van der Waals surface area contributed by atoms with Gasteiger partial charge >= 0.3 is 0 Å². The standard InChI is InChI=1S/C9H13NO3S/c1-6-3-8(5-11)4-9(7(6)2)14(10,12)13/h3-4,11H,5H2,1-2H3,(H2,10,12,13). The second kappa shape index (κ2) is 3.68. The molecule has 0 saturated heterocycles. The number of aliphatic hydroxyl groups is 1. The number of rotatable bonds is 2. The molecule has 0 fully saturated rings. The average molecular weight is 215 g/mol. The van der Waals surface area contributed by atoms with Gasteiger partial charge in [-0.05, 0) is 36.6 Å². The Labute approximate surface area is 83.4 Å². The van der Waals surface area contributed by atoms with Gasteiger partial charge in [0.15, 0.2) is 0 Å². The van der Waals surface area contributed by atoms with Gasteiger partial charge in [-0.2, -0.15) is 0 Å². The van der Waals surface area contributed by atoms with E-state index < -0.39 is 10.0 Å². The largest absolute Gasteiger partial charge is 0.392 e. The number of primary sulfonamides is 1. The Bertz CT molecular complexity index is 451. The average Bonchev–Trinajstić information content (AvgIpc) is 2.07. The second-order valence-electron chi connectivity index (χ2n) is 3.24. The molecule has 0 aliphatic carbocycles. The molecular formula is C9H13NO3S. The normalized spacial score (nSPS) is 11.7. The molecule has 0 bridgehead atoms. The van der Waals surface area contributed by atoms with Crippen LogP contribution in [0.5, 0.6) is 0 Å². The minimum Gasteiger partial charge on any atom is -0.392 e. The quantitative estimate of drug-likeness (QED) is 0.751. The summed E-state index contributed by atoms with van der Waals surface area (Å²) in [6.07, 6.45) is 0. The fraction of sp³-hybridized carbons (Fsp3) is 0.333. The molecule has 4 nitrogen and oxygen atoms in total. The van der Waals surface area contributed by atoms with E-state index in [1.165, 1.54) is 6.07 Å². The molecule has 1 rings (SSSR count). The zero-order valence-electron chi connectivity index (χ0n) is 8.11. The highest BCUT2D eigenvalue weighted by Crippen LogP contribution is 2.19. The van der Waals surface area contributed by atoms with Crippen LogP contribution in [0.3, 0.4) is 0 Å². The van der Waals surface area contributed by atoms with E-state index in [2.05, 4.69) is 0 Å². The van der Waals surface area contributed by atoms with Crippen LogP contribution in [-0.4, -0.2) is 13.5 Å². The number of aliphatic hydroxyl groups excluding tert-OH is 1. The first-order chi connectivity index (χ1) is 6.36. The molecule has 0 unspecified atom stereocenters. The van der Waals surface area contributed by atoms with Gasteiger partial charge in [-0.25, -0.2) is 13.6 Å². The van der Waals surface area contributed by atoms with Crippen molar-refractivity contribution in [1.29, 1.82) is 0 Å². The highest BCUT2D eigenvalue weighted by Gasteiger charge is 2.13. The van der Waals surface area contributed by atoms with Crippen molar-refractivity contribution >= 4 is 10.0 Å². The Morgan fingerprint density at radius 3 is 2.36 bits per heavy atom. The van der Waals surface area contributed by atoms with Gasteiger partial charge < -0.3 is 5.11 Å². The number of benzene rings is 1. The number of aryl methyl sites for hydroxylation is 1. The summed E-state index contributed by atoms with van der Waals surface area (Å²) in [5.41, 5.74) is 1.99. The SMILES string of the molecule is Cc1cc(CO)cc(S(N)(=O)=O)c1C. The summed E-state index contributed by atoms with van der Waals surface area (Å²) < 4.78 is 22.3. The highest BCUT2D eigenvalue weighted by molar-refractivity contribution is 7.89. The topological polar surface area (TPSA) is 80.4 Å². The lowest BCUT2D eigenvalue weighted by molar-refractivity contribution is 0.281. The van der Waals surface area contributed by atoms with Crippen molar-refractivity contribution in [3.8, 4) is 0 Å². The Kier molecular flexibility index (Phi) is 2.94. The molecule has 78 valence electrons. The van der Waals surface area contributed by atoms with Crippen LogP contribution >= 0.6 is 0 Å². The smallest absolute Gasteiger partial charge is 0.238 e. The molecule has 14 heavy (non-hydrogen) atoms. The van der Waals surface area contributed by atoms with E-state index in [1.54, 1.807) is 19.9 Å². The van der Waals surface area contributed by atoms with Crippen LogP contribution in [0.1, 0.15) is 16.7 Å². The summed E-state index contributed by atoms with van der Waals surface area (Å²) in [5, 5.41) is 13.9. The molecule has 0 aliphatic heterocycles. The molecule has 0 atom stereocenters. The second-order valence-corrected chi connectivity index (χ2v) is 4.77. The van der Waals surface area contributed by atoms with E-state index in [1.807, 2.05) is 0 Å². The van der Waals surface area contributed by atoms with Crippen LogP contribution in [0, 0.1) is 13.8 Å². The summed E-state index contributed by atoms with van der Waals surface area (Å²) in [6, 6.07) is 3.14. The van der Waals surface area contributed by atoms with Gasteiger partial charge in [0.2, 0.25) is 10.0 Å². The predicted molar refractivity (Wildman–Crippen MR) is 53.2 cm³/mol. The van der Waals surface area contributed by atoms with Crippen molar-refractivity contribution in [2.24, 2.45) is 5.14 Å². The first-order valence-electron chi connectivity index (χ1n) is 4.10. The maximum absolute atomic E-state index is 11.2. The lowest BCUT2D eigenvalue weighted by atomic mass is 10.1. The molecule has 0 aromatic heterocycles. The number of sulfonamides is 1. The van der Waals surface area contributed by atoms with Gasteiger partial charge in [-0.15, -0.1) is 0 Å². The van der Waals surface area contributed by atoms with Gasteiger partial charge in [0.25, 0.3) is 0 Å². The lowest BCUT2D eigenvalue weighted by Gasteiger charge is -2.08. The Morgan fingerprint density at radius 2 is 1.93 bits per heavy atom. The Morgan fingerprint density at radius 1 is 1.36 bits per heavy atom. The van der Waals surface area contributed by atoms with Crippen molar-refractivity contribution in [3.05, 3.63) is 28.8 Å². The van der Waals surface area contributed by atoms with Crippen LogP contribution in [0.4, 0.5) is 0 Å². The Hall–Kier alpha value is -0.910. The van der Waals surface area contributed by atoms with Crippen LogP contribution in [0.15, 0.2) is 17.0 Å². The number of nitrogens with two attached hydrogens (primary N) is 1. The van der Waals surface area contributed by atoms with Gasteiger partial charge in [0.1, 0.15) is 0 Å². The minimum atomic E-state index is -3.70. The summed E-state index contributed by atoms with van der Waals surface area (Å²) >= 11 is 0. The lowest BCUT2D eigenvalue weighted by Crippen LogP contribution is -2.14. The van der Waals surface area contributed by atoms with Crippen LogP contribution in [-0.2, 0) is 16.6 Å². The fourth-order valence-corrected chi connectivity index (χ4v) is 2.19. The summed E-state index contributed by atoms with van der Waals surface area (Å²) in [7, 11) is -3.70. The van der Waals surface area contributed by atoms with Gasteiger partial charge in [0, 0.05) is 0 Å². The van der Waals surface area contributed by atoms with Crippen molar-refractivity contribution < 1.29 is 13.5 Å². The monoisotopic (exact) mass is 215 g/mol. The zero-order chi connectivity index (χ0) is 10.9. The predicted octanol–water partition coefficient (Wildman–Crippen LogP) is 0.443. The minimum absolute atomic E-state index is 0.0848. The fourth-order valence-electron chi connectivity index (χ4n) is 1.29. The van der Waals surface area contributed by atoms with Crippen molar-refractivity contribution in [1.82, 2.24) is 0 Å². The summed E-state index contributed by atoms with van der Waals surface area (Å²) in [5.74, 6) is 0. The molecule has 1 aromatic carbocycles. The molecule has 5 heteroatoms. The zero-order valence-corrected chi connectivity index (χ0v) is 8.93. The maximum atomic E-state index is 11.2. The molecule has 0 aliphatic rings. The van der Waals surface area contributed by atoms with E-state index >= 15 is 0 Å². The third-order valence-electron chi connectivity index (χ3n) is 2.17. The molecule has 0 amide bonds. The Balaban J connectivity index is 3.51. The highest BCUT2D eigenvalue weighted by atomic mass is 32.2. The van der Waals surface area contributed by atoms with Gasteiger partial charge in [0.05, 0.1) is 11.5 Å². The van der Waals surface area contributed by atoms with Crippen LogP contribution in [0.2, 0.25) is 0 Å². The van der Waals surface area contributed by atoms with Gasteiger partial charge in [-0.1, -0.05) is 6.07 Å². The number of hydrogen-bond acceptors (Lipinski definition) is 3. The van der Waals surface area contributed by atoms with Gasteiger partial charge in [-0.3, -0.25) is 0 Å². The molecule has 0 radical (unpaired) electrons. The van der Waals surface area contributed by atoms with Crippen LogP contribution < -0.4 is 5.14 Å². The summed E-state index contributed by atoms with van der Waals surface area (Å²) in [4.78, 5) is 0.0848. The molecular weight excluding hydrogens is 202 g/mol. The molecule has 3 N–H and O–H groups in total. The van der Waals surface area contributed by atoms with E-state index in [9.17, 15) is 8.42 Å².